The maximum atomic E-state index is 4.85. The molecule has 0 radical (unpaired) electrons. The Balaban J connectivity index is 2.04. The fraction of sp³-hybridized carbons (Fsp3) is 0.400. The molecule has 3 aromatic rings. The second kappa shape index (κ2) is 7.64. The normalized spacial score (nSPS) is 11.2. The minimum atomic E-state index is 0.305. The van der Waals surface area contributed by atoms with E-state index in [1.165, 1.54) is 5.56 Å². The number of anilines is 2. The van der Waals surface area contributed by atoms with E-state index in [4.69, 9.17) is 4.98 Å². The van der Waals surface area contributed by atoms with E-state index in [0.717, 1.165) is 29.9 Å². The lowest BCUT2D eigenvalue weighted by Crippen LogP contribution is -2.29. The van der Waals surface area contributed by atoms with Crippen LogP contribution in [0, 0.1) is 0 Å². The zero-order valence-electron chi connectivity index (χ0n) is 16.1. The molecule has 0 unspecified atom stereocenters. The summed E-state index contributed by atoms with van der Waals surface area (Å²) in [6, 6.07) is 8.37. The van der Waals surface area contributed by atoms with Gasteiger partial charge in [-0.1, -0.05) is 13.0 Å². The molecular formula is C20H26N6. The third-order valence-corrected chi connectivity index (χ3v) is 4.62. The van der Waals surface area contributed by atoms with Gasteiger partial charge in [0.1, 0.15) is 5.82 Å². The smallest absolute Gasteiger partial charge is 0.229 e. The van der Waals surface area contributed by atoms with Gasteiger partial charge in [0, 0.05) is 44.8 Å². The van der Waals surface area contributed by atoms with Crippen LogP contribution in [0.25, 0.3) is 11.0 Å². The van der Waals surface area contributed by atoms with Crippen LogP contribution in [0.15, 0.2) is 36.7 Å². The molecule has 26 heavy (non-hydrogen) atoms. The quantitative estimate of drug-likeness (QED) is 0.678. The van der Waals surface area contributed by atoms with Crippen LogP contribution >= 0.6 is 0 Å². The predicted molar refractivity (Wildman–Crippen MR) is 107 cm³/mol. The molecule has 0 amide bonds. The van der Waals surface area contributed by atoms with Gasteiger partial charge >= 0.3 is 0 Å². The van der Waals surface area contributed by atoms with Crippen LogP contribution in [0.3, 0.4) is 0 Å². The van der Waals surface area contributed by atoms with Crippen molar-refractivity contribution in [1.29, 1.82) is 0 Å². The van der Waals surface area contributed by atoms with Crippen molar-refractivity contribution in [3.05, 3.63) is 47.9 Å². The molecule has 0 aliphatic carbocycles. The van der Waals surface area contributed by atoms with Crippen molar-refractivity contribution in [3.8, 4) is 0 Å². The Bertz CT molecular complexity index is 892. The molecule has 0 N–H and O–H groups in total. The number of aryl methyl sites for hydroxylation is 1. The number of hydrogen-bond donors (Lipinski definition) is 0. The highest BCUT2D eigenvalue weighted by Crippen LogP contribution is 2.26. The number of pyridine rings is 2. The van der Waals surface area contributed by atoms with Crippen molar-refractivity contribution in [2.24, 2.45) is 0 Å². The standard InChI is InChI=1S/C20H26N6/c1-6-17-15(9-7-11-21-17)13-25(4)19-16-10-8-12-22-18(16)23-20(24-19)26(5)14(2)3/h7-12,14H,6,13H2,1-5H3. The molecule has 0 atom stereocenters. The number of nitrogens with zero attached hydrogens (tertiary/aromatic N) is 6. The zero-order chi connectivity index (χ0) is 18.7. The second-order valence-electron chi connectivity index (χ2n) is 6.75. The summed E-state index contributed by atoms with van der Waals surface area (Å²) >= 11 is 0. The zero-order valence-corrected chi connectivity index (χ0v) is 16.1. The van der Waals surface area contributed by atoms with E-state index in [-0.39, 0.29) is 0 Å². The third kappa shape index (κ3) is 3.59. The van der Waals surface area contributed by atoms with Gasteiger partial charge in [-0.05, 0) is 44.0 Å². The number of rotatable bonds is 6. The van der Waals surface area contributed by atoms with Gasteiger partial charge in [-0.15, -0.1) is 0 Å². The lowest BCUT2D eigenvalue weighted by Gasteiger charge is -2.25. The summed E-state index contributed by atoms with van der Waals surface area (Å²) in [7, 11) is 4.06. The topological polar surface area (TPSA) is 58.0 Å². The highest BCUT2D eigenvalue weighted by atomic mass is 15.3. The molecule has 0 spiro atoms. The Morgan fingerprint density at radius 3 is 2.46 bits per heavy atom. The minimum absolute atomic E-state index is 0.305. The molecule has 136 valence electrons. The van der Waals surface area contributed by atoms with Gasteiger partial charge in [0.2, 0.25) is 5.95 Å². The molecule has 6 nitrogen and oxygen atoms in total. The predicted octanol–water partition coefficient (Wildman–Crippen LogP) is 3.46. The third-order valence-electron chi connectivity index (χ3n) is 4.62. The number of fused-ring (bicyclic) bond motifs is 1. The molecule has 3 rings (SSSR count). The van der Waals surface area contributed by atoms with Crippen LogP contribution in [0.4, 0.5) is 11.8 Å². The lowest BCUT2D eigenvalue weighted by atomic mass is 10.1. The molecule has 0 aromatic carbocycles. The van der Waals surface area contributed by atoms with Crippen LogP contribution in [0.1, 0.15) is 32.0 Å². The molecular weight excluding hydrogens is 324 g/mol. The van der Waals surface area contributed by atoms with E-state index in [2.05, 4.69) is 58.6 Å². The van der Waals surface area contributed by atoms with Crippen molar-refractivity contribution < 1.29 is 0 Å². The van der Waals surface area contributed by atoms with Crippen LogP contribution in [-0.4, -0.2) is 40.1 Å². The van der Waals surface area contributed by atoms with Crippen molar-refractivity contribution in [2.45, 2.75) is 39.8 Å². The fourth-order valence-corrected chi connectivity index (χ4v) is 2.88. The first-order chi connectivity index (χ1) is 12.5. The largest absolute Gasteiger partial charge is 0.355 e. The van der Waals surface area contributed by atoms with Gasteiger partial charge in [0.25, 0.3) is 0 Å². The number of hydrogen-bond acceptors (Lipinski definition) is 6. The first-order valence-electron chi connectivity index (χ1n) is 9.00. The molecule has 6 heteroatoms. The van der Waals surface area contributed by atoms with Gasteiger partial charge in [-0.3, -0.25) is 4.98 Å². The fourth-order valence-electron chi connectivity index (χ4n) is 2.88. The molecule has 3 aromatic heterocycles. The lowest BCUT2D eigenvalue weighted by molar-refractivity contribution is 0.728. The van der Waals surface area contributed by atoms with Crippen molar-refractivity contribution >= 4 is 22.8 Å². The van der Waals surface area contributed by atoms with Gasteiger partial charge in [-0.25, -0.2) is 4.98 Å². The molecule has 0 saturated heterocycles. The van der Waals surface area contributed by atoms with E-state index in [1.54, 1.807) is 6.20 Å². The second-order valence-corrected chi connectivity index (χ2v) is 6.75. The van der Waals surface area contributed by atoms with E-state index in [9.17, 15) is 0 Å². The Kier molecular flexibility index (Phi) is 5.30. The summed E-state index contributed by atoms with van der Waals surface area (Å²) < 4.78 is 0. The summed E-state index contributed by atoms with van der Waals surface area (Å²) in [6.45, 7) is 7.12. The average Bonchev–Trinajstić information content (AvgIpc) is 2.66. The maximum absolute atomic E-state index is 4.85. The Labute approximate surface area is 154 Å². The minimum Gasteiger partial charge on any atom is -0.355 e. The molecule has 0 bridgehead atoms. The van der Waals surface area contributed by atoms with Crippen LogP contribution < -0.4 is 9.80 Å². The highest BCUT2D eigenvalue weighted by molar-refractivity contribution is 5.87. The first-order valence-corrected chi connectivity index (χ1v) is 9.00. The Morgan fingerprint density at radius 1 is 1.00 bits per heavy atom. The molecule has 0 aliphatic rings. The van der Waals surface area contributed by atoms with Crippen molar-refractivity contribution in [2.75, 3.05) is 23.9 Å². The van der Waals surface area contributed by atoms with Crippen LogP contribution in [0.2, 0.25) is 0 Å². The summed E-state index contributed by atoms with van der Waals surface area (Å²) in [5.74, 6) is 1.58. The molecule has 3 heterocycles. The maximum Gasteiger partial charge on any atom is 0.229 e. The van der Waals surface area contributed by atoms with Gasteiger partial charge in [0.05, 0.1) is 5.39 Å². The van der Waals surface area contributed by atoms with Gasteiger partial charge < -0.3 is 9.80 Å². The van der Waals surface area contributed by atoms with Gasteiger partial charge in [-0.2, -0.15) is 9.97 Å². The monoisotopic (exact) mass is 350 g/mol. The number of aromatic nitrogens is 4. The van der Waals surface area contributed by atoms with E-state index < -0.39 is 0 Å². The van der Waals surface area contributed by atoms with Crippen molar-refractivity contribution in [1.82, 2.24) is 19.9 Å². The van der Waals surface area contributed by atoms with E-state index >= 15 is 0 Å². The average molecular weight is 350 g/mol. The highest BCUT2D eigenvalue weighted by Gasteiger charge is 2.17. The Hall–Kier alpha value is -2.76. The van der Waals surface area contributed by atoms with E-state index in [1.807, 2.05) is 31.4 Å². The molecule has 0 aliphatic heterocycles. The SMILES string of the molecule is CCc1ncccc1CN(C)c1nc(N(C)C(C)C)nc2ncccc12. The van der Waals surface area contributed by atoms with Crippen LogP contribution in [0.5, 0.6) is 0 Å². The molecule has 0 saturated carbocycles. The Morgan fingerprint density at radius 2 is 1.73 bits per heavy atom. The van der Waals surface area contributed by atoms with E-state index in [0.29, 0.717) is 17.6 Å². The van der Waals surface area contributed by atoms with Crippen molar-refractivity contribution in [3.63, 3.8) is 0 Å². The summed E-state index contributed by atoms with van der Waals surface area (Å²) in [4.78, 5) is 22.7. The molecule has 0 fully saturated rings. The summed E-state index contributed by atoms with van der Waals surface area (Å²) in [5.41, 5.74) is 3.05. The summed E-state index contributed by atoms with van der Waals surface area (Å²) in [5, 5.41) is 0.956. The first kappa shape index (κ1) is 18.0. The van der Waals surface area contributed by atoms with Gasteiger partial charge in [0.15, 0.2) is 5.65 Å². The summed E-state index contributed by atoms with van der Waals surface area (Å²) in [6.07, 6.45) is 4.54. The van der Waals surface area contributed by atoms with Crippen LogP contribution in [-0.2, 0) is 13.0 Å².